The molecule has 2 rings (SSSR count). The van der Waals surface area contributed by atoms with Crippen molar-refractivity contribution in [3.05, 3.63) is 0 Å². The molecule has 5 nitrogen and oxygen atoms in total. The van der Waals surface area contributed by atoms with E-state index in [4.69, 9.17) is 0 Å². The van der Waals surface area contributed by atoms with Crippen LogP contribution in [-0.2, 0) is 4.79 Å². The zero-order valence-corrected chi connectivity index (χ0v) is 11.7. The minimum Gasteiger partial charge on any atom is -0.324 e. The fraction of sp³-hybridized carbons (Fsp3) is 0.846. The fourth-order valence-electron chi connectivity index (χ4n) is 2.42. The lowest BCUT2D eigenvalue weighted by molar-refractivity contribution is -0.130. The minimum atomic E-state index is -0.752. The molecule has 1 atom stereocenters. The summed E-state index contributed by atoms with van der Waals surface area (Å²) in [5.74, 6) is 0.675. The summed E-state index contributed by atoms with van der Waals surface area (Å²) in [6.07, 6.45) is 2.61. The van der Waals surface area contributed by atoms with Crippen LogP contribution in [0.25, 0.3) is 0 Å². The monoisotopic (exact) mass is 253 g/mol. The molecule has 1 aliphatic heterocycles. The Bertz CT molecular complexity index is 363. The van der Waals surface area contributed by atoms with Gasteiger partial charge in [0.1, 0.15) is 5.54 Å². The van der Waals surface area contributed by atoms with E-state index < -0.39 is 5.54 Å². The van der Waals surface area contributed by atoms with Gasteiger partial charge in [-0.1, -0.05) is 0 Å². The number of rotatable bonds is 5. The summed E-state index contributed by atoms with van der Waals surface area (Å²) < 4.78 is 0. The second kappa shape index (κ2) is 4.53. The Morgan fingerprint density at radius 2 is 2.06 bits per heavy atom. The van der Waals surface area contributed by atoms with E-state index in [-0.39, 0.29) is 11.9 Å². The molecule has 0 aromatic heterocycles. The lowest BCUT2D eigenvalue weighted by Crippen LogP contribution is -2.42. The van der Waals surface area contributed by atoms with Gasteiger partial charge in [-0.05, 0) is 46.6 Å². The van der Waals surface area contributed by atoms with Gasteiger partial charge in [0.15, 0.2) is 0 Å². The molecule has 1 N–H and O–H groups in total. The van der Waals surface area contributed by atoms with Gasteiger partial charge in [-0.25, -0.2) is 4.79 Å². The molecule has 18 heavy (non-hydrogen) atoms. The van der Waals surface area contributed by atoms with E-state index in [9.17, 15) is 9.59 Å². The van der Waals surface area contributed by atoms with E-state index in [2.05, 4.69) is 24.2 Å². The first-order valence-electron chi connectivity index (χ1n) is 6.67. The highest BCUT2D eigenvalue weighted by atomic mass is 16.2. The molecule has 1 saturated carbocycles. The van der Waals surface area contributed by atoms with Crippen LogP contribution < -0.4 is 5.32 Å². The lowest BCUT2D eigenvalue weighted by Gasteiger charge is -2.26. The van der Waals surface area contributed by atoms with Crippen molar-refractivity contribution in [2.45, 2.75) is 45.2 Å². The van der Waals surface area contributed by atoms with Crippen molar-refractivity contribution in [2.24, 2.45) is 5.92 Å². The van der Waals surface area contributed by atoms with Crippen LogP contribution in [0.2, 0.25) is 0 Å². The molecule has 0 radical (unpaired) electrons. The Hall–Kier alpha value is -1.10. The summed E-state index contributed by atoms with van der Waals surface area (Å²) >= 11 is 0. The maximum atomic E-state index is 12.0. The Balaban J connectivity index is 1.86. The molecule has 2 fully saturated rings. The first kappa shape index (κ1) is 13.3. The van der Waals surface area contributed by atoms with E-state index in [1.165, 1.54) is 17.7 Å². The number of hydrogen-bond acceptors (Lipinski definition) is 3. The number of carbonyl (C=O) groups is 2. The van der Waals surface area contributed by atoms with E-state index in [0.29, 0.717) is 12.6 Å². The second-order valence-corrected chi connectivity index (χ2v) is 6.07. The quantitative estimate of drug-likeness (QED) is 0.745. The van der Waals surface area contributed by atoms with Crippen LogP contribution in [0.5, 0.6) is 0 Å². The number of nitrogens with one attached hydrogen (secondary N) is 1. The minimum absolute atomic E-state index is 0.125. The molecule has 0 bridgehead atoms. The summed E-state index contributed by atoms with van der Waals surface area (Å²) in [6, 6.07) is 0.274. The largest absolute Gasteiger partial charge is 0.325 e. The van der Waals surface area contributed by atoms with Crippen molar-refractivity contribution in [3.63, 3.8) is 0 Å². The van der Waals surface area contributed by atoms with Crippen LogP contribution in [0.1, 0.15) is 33.6 Å². The van der Waals surface area contributed by atoms with Crippen LogP contribution >= 0.6 is 0 Å². The van der Waals surface area contributed by atoms with Crippen molar-refractivity contribution < 1.29 is 9.59 Å². The normalized spacial score (nSPS) is 24.6. The second-order valence-electron chi connectivity index (χ2n) is 6.07. The van der Waals surface area contributed by atoms with E-state index in [1.807, 2.05) is 0 Å². The SMILES string of the molecule is CC(C1CC1)N(C)CCN1C(=O)NC(C)(C)C1=O. The third-order valence-electron chi connectivity index (χ3n) is 4.12. The summed E-state index contributed by atoms with van der Waals surface area (Å²) in [5, 5.41) is 2.70. The number of likely N-dealkylation sites (N-methyl/N-ethyl adjacent to an activating group) is 1. The first-order valence-corrected chi connectivity index (χ1v) is 6.67. The maximum absolute atomic E-state index is 12.0. The number of hydrogen-bond donors (Lipinski definition) is 1. The fourth-order valence-corrected chi connectivity index (χ4v) is 2.42. The molecule has 3 amide bonds. The molecule has 0 aromatic rings. The summed E-state index contributed by atoms with van der Waals surface area (Å²) in [7, 11) is 2.06. The van der Waals surface area contributed by atoms with Gasteiger partial charge in [-0.15, -0.1) is 0 Å². The van der Waals surface area contributed by atoms with Gasteiger partial charge in [-0.2, -0.15) is 0 Å². The molecule has 0 aromatic carbocycles. The predicted octanol–water partition coefficient (Wildman–Crippen LogP) is 1.05. The van der Waals surface area contributed by atoms with Gasteiger partial charge in [0.2, 0.25) is 0 Å². The zero-order valence-electron chi connectivity index (χ0n) is 11.7. The van der Waals surface area contributed by atoms with Crippen molar-refractivity contribution in [1.29, 1.82) is 0 Å². The maximum Gasteiger partial charge on any atom is 0.325 e. The van der Waals surface area contributed by atoms with Gasteiger partial charge in [0.05, 0.1) is 0 Å². The third kappa shape index (κ3) is 2.51. The number of imide groups is 1. The van der Waals surface area contributed by atoms with Crippen LogP contribution in [-0.4, -0.2) is 53.5 Å². The molecular weight excluding hydrogens is 230 g/mol. The number of carbonyl (C=O) groups excluding carboxylic acids is 2. The van der Waals surface area contributed by atoms with E-state index in [0.717, 1.165) is 12.5 Å². The van der Waals surface area contributed by atoms with Crippen molar-refractivity contribution in [3.8, 4) is 0 Å². The Morgan fingerprint density at radius 1 is 1.44 bits per heavy atom. The standard InChI is InChI=1S/C13H23N3O2/c1-9(10-5-6-10)15(4)7-8-16-11(17)13(2,3)14-12(16)18/h9-10H,5-8H2,1-4H3,(H,14,18). The van der Waals surface area contributed by atoms with Crippen molar-refractivity contribution >= 4 is 11.9 Å². The molecular formula is C13H23N3O2. The highest BCUT2D eigenvalue weighted by Gasteiger charge is 2.44. The van der Waals surface area contributed by atoms with Gasteiger partial charge in [-0.3, -0.25) is 9.69 Å². The Labute approximate surface area is 108 Å². The molecule has 5 heteroatoms. The smallest absolute Gasteiger partial charge is 0.324 e. The molecule has 1 unspecified atom stereocenters. The Morgan fingerprint density at radius 3 is 2.50 bits per heavy atom. The molecule has 1 heterocycles. The van der Waals surface area contributed by atoms with Crippen LogP contribution in [0, 0.1) is 5.92 Å². The van der Waals surface area contributed by atoms with Gasteiger partial charge < -0.3 is 10.2 Å². The number of amides is 3. The Kier molecular flexibility index (Phi) is 3.36. The van der Waals surface area contributed by atoms with Gasteiger partial charge >= 0.3 is 6.03 Å². The van der Waals surface area contributed by atoms with Crippen LogP contribution in [0.3, 0.4) is 0 Å². The molecule has 0 spiro atoms. The topological polar surface area (TPSA) is 52.6 Å². The van der Waals surface area contributed by atoms with Crippen LogP contribution in [0.4, 0.5) is 4.79 Å². The van der Waals surface area contributed by atoms with Gasteiger partial charge in [0, 0.05) is 19.1 Å². The number of nitrogens with zero attached hydrogens (tertiary/aromatic N) is 2. The van der Waals surface area contributed by atoms with Crippen LogP contribution in [0.15, 0.2) is 0 Å². The summed E-state index contributed by atoms with van der Waals surface area (Å²) in [6.45, 7) is 6.91. The molecule has 1 aliphatic carbocycles. The zero-order chi connectivity index (χ0) is 13.5. The van der Waals surface area contributed by atoms with Gasteiger partial charge in [0.25, 0.3) is 5.91 Å². The first-order chi connectivity index (χ1) is 8.33. The predicted molar refractivity (Wildman–Crippen MR) is 69.1 cm³/mol. The lowest BCUT2D eigenvalue weighted by atomic mass is 10.1. The summed E-state index contributed by atoms with van der Waals surface area (Å²) in [5.41, 5.74) is -0.752. The third-order valence-corrected chi connectivity index (χ3v) is 4.12. The highest BCUT2D eigenvalue weighted by molar-refractivity contribution is 6.06. The van der Waals surface area contributed by atoms with E-state index in [1.54, 1.807) is 13.8 Å². The average molecular weight is 253 g/mol. The molecule has 2 aliphatic rings. The highest BCUT2D eigenvalue weighted by Crippen LogP contribution is 2.34. The van der Waals surface area contributed by atoms with Crippen molar-refractivity contribution in [1.82, 2.24) is 15.1 Å². The van der Waals surface area contributed by atoms with E-state index >= 15 is 0 Å². The number of urea groups is 1. The summed E-state index contributed by atoms with van der Waals surface area (Å²) in [4.78, 5) is 27.3. The average Bonchev–Trinajstić information content (AvgIpc) is 3.07. The molecule has 1 saturated heterocycles. The van der Waals surface area contributed by atoms with Crippen molar-refractivity contribution in [2.75, 3.05) is 20.1 Å². The molecule has 102 valence electrons.